The summed E-state index contributed by atoms with van der Waals surface area (Å²) < 4.78 is 7.58. The second-order valence-electron chi connectivity index (χ2n) is 6.31. The molecule has 0 aliphatic heterocycles. The summed E-state index contributed by atoms with van der Waals surface area (Å²) in [6.45, 7) is 0. The second-order valence-corrected chi connectivity index (χ2v) is 6.75. The van der Waals surface area contributed by atoms with E-state index in [2.05, 4.69) is 0 Å². The van der Waals surface area contributed by atoms with Crippen LogP contribution < -0.4 is 4.74 Å². The van der Waals surface area contributed by atoms with Gasteiger partial charge in [0.25, 0.3) is 0 Å². The van der Waals surface area contributed by atoms with Crippen molar-refractivity contribution in [2.24, 2.45) is 0 Å². The van der Waals surface area contributed by atoms with Crippen LogP contribution in [0.4, 0.5) is 0 Å². The molecule has 0 saturated heterocycles. The molecule has 3 aromatic carbocycles. The highest BCUT2D eigenvalue weighted by molar-refractivity contribution is 6.30. The summed E-state index contributed by atoms with van der Waals surface area (Å²) in [6, 6.07) is 23.2. The Morgan fingerprint density at radius 2 is 1.46 bits per heavy atom. The number of hydrogen-bond acceptors (Lipinski definition) is 4. The van der Waals surface area contributed by atoms with E-state index < -0.39 is 0 Å². The maximum Gasteiger partial charge on any atom is 0.199 e. The first-order valence-electron chi connectivity index (χ1n) is 8.79. The Balaban J connectivity index is 1.89. The van der Waals surface area contributed by atoms with Gasteiger partial charge in [-0.3, -0.25) is 4.57 Å². The molecule has 0 aliphatic rings. The molecule has 2 aromatic heterocycles. The summed E-state index contributed by atoms with van der Waals surface area (Å²) in [5, 5.41) is 0.672. The standard InChI is InChI=1S/C22H15ClN4O/c1-28-19-9-5-4-8-18(19)27-21(14-10-12-15(23)13-11-14)26-20-22(27)25-17-7-3-2-6-16(17)24-20/h2-13H,1H3. The van der Waals surface area contributed by atoms with Crippen molar-refractivity contribution >= 4 is 33.9 Å². The van der Waals surface area contributed by atoms with Gasteiger partial charge >= 0.3 is 0 Å². The van der Waals surface area contributed by atoms with E-state index in [1.807, 2.05) is 77.4 Å². The molecule has 0 unspecified atom stereocenters. The fourth-order valence-electron chi connectivity index (χ4n) is 3.29. The number of methoxy groups -OCH3 is 1. The molecule has 6 heteroatoms. The van der Waals surface area contributed by atoms with E-state index in [9.17, 15) is 0 Å². The lowest BCUT2D eigenvalue weighted by Gasteiger charge is -2.13. The molecule has 0 atom stereocenters. The van der Waals surface area contributed by atoms with Crippen LogP contribution in [0.2, 0.25) is 5.02 Å². The van der Waals surface area contributed by atoms with Crippen molar-refractivity contribution in [3.05, 3.63) is 77.8 Å². The average molecular weight is 387 g/mol. The quantitative estimate of drug-likeness (QED) is 0.422. The average Bonchev–Trinajstić information content (AvgIpc) is 3.10. The largest absolute Gasteiger partial charge is 0.495 e. The van der Waals surface area contributed by atoms with E-state index in [-0.39, 0.29) is 0 Å². The van der Waals surface area contributed by atoms with Gasteiger partial charge in [0, 0.05) is 10.6 Å². The Morgan fingerprint density at radius 1 is 0.786 bits per heavy atom. The smallest absolute Gasteiger partial charge is 0.199 e. The third-order valence-corrected chi connectivity index (χ3v) is 4.85. The fourth-order valence-corrected chi connectivity index (χ4v) is 3.42. The van der Waals surface area contributed by atoms with Crippen LogP contribution in [-0.4, -0.2) is 26.6 Å². The van der Waals surface area contributed by atoms with Gasteiger partial charge in [-0.1, -0.05) is 35.9 Å². The predicted molar refractivity (Wildman–Crippen MR) is 111 cm³/mol. The molecule has 28 heavy (non-hydrogen) atoms. The first-order valence-corrected chi connectivity index (χ1v) is 9.17. The normalized spacial score (nSPS) is 11.2. The zero-order valence-corrected chi connectivity index (χ0v) is 15.8. The molecule has 0 aliphatic carbocycles. The Morgan fingerprint density at radius 3 is 2.21 bits per heavy atom. The van der Waals surface area contributed by atoms with Gasteiger partial charge in [-0.05, 0) is 48.5 Å². The molecular formula is C22H15ClN4O. The minimum Gasteiger partial charge on any atom is -0.495 e. The maximum absolute atomic E-state index is 6.08. The molecule has 0 radical (unpaired) electrons. The molecule has 5 aromatic rings. The number of nitrogens with zero attached hydrogens (tertiary/aromatic N) is 4. The number of halogens is 1. The van der Waals surface area contributed by atoms with E-state index >= 15 is 0 Å². The number of imidazole rings is 1. The highest BCUT2D eigenvalue weighted by Gasteiger charge is 2.19. The van der Waals surface area contributed by atoms with Crippen LogP contribution >= 0.6 is 11.6 Å². The molecule has 0 fully saturated rings. The molecular weight excluding hydrogens is 372 g/mol. The molecule has 0 bridgehead atoms. The fraction of sp³-hybridized carbons (Fsp3) is 0.0455. The van der Waals surface area contributed by atoms with Gasteiger partial charge in [0.2, 0.25) is 0 Å². The highest BCUT2D eigenvalue weighted by Crippen LogP contribution is 2.32. The van der Waals surface area contributed by atoms with Crippen molar-refractivity contribution < 1.29 is 4.74 Å². The first kappa shape index (κ1) is 16.7. The van der Waals surface area contributed by atoms with Crippen molar-refractivity contribution in [1.82, 2.24) is 19.5 Å². The van der Waals surface area contributed by atoms with Gasteiger partial charge in [-0.25, -0.2) is 15.0 Å². The summed E-state index contributed by atoms with van der Waals surface area (Å²) in [5.74, 6) is 1.46. The lowest BCUT2D eigenvalue weighted by Crippen LogP contribution is -2.01. The van der Waals surface area contributed by atoms with E-state index in [1.165, 1.54) is 0 Å². The highest BCUT2D eigenvalue weighted by atomic mass is 35.5. The van der Waals surface area contributed by atoms with E-state index in [0.717, 1.165) is 33.9 Å². The Hall–Kier alpha value is -3.44. The van der Waals surface area contributed by atoms with Crippen LogP contribution in [0.15, 0.2) is 72.8 Å². The Bertz CT molecular complexity index is 1310. The monoisotopic (exact) mass is 386 g/mol. The van der Waals surface area contributed by atoms with Crippen molar-refractivity contribution in [3.8, 4) is 22.8 Å². The number of aromatic nitrogens is 4. The lowest BCUT2D eigenvalue weighted by molar-refractivity contribution is 0.413. The predicted octanol–water partition coefficient (Wildman–Crippen LogP) is 5.30. The number of para-hydroxylation sites is 4. The molecule has 0 N–H and O–H groups in total. The second kappa shape index (κ2) is 6.62. The minimum absolute atomic E-state index is 0.578. The SMILES string of the molecule is COc1ccccc1-n1c(-c2ccc(Cl)cc2)nc2nc3ccccc3nc21. The zero-order chi connectivity index (χ0) is 19.1. The van der Waals surface area contributed by atoms with E-state index in [0.29, 0.717) is 16.3 Å². The summed E-state index contributed by atoms with van der Waals surface area (Å²) in [6.07, 6.45) is 0. The van der Waals surface area contributed by atoms with Crippen LogP contribution in [0.1, 0.15) is 0 Å². The summed E-state index contributed by atoms with van der Waals surface area (Å²) in [7, 11) is 1.65. The Labute approximate surface area is 166 Å². The van der Waals surface area contributed by atoms with Crippen LogP contribution in [0.3, 0.4) is 0 Å². The first-order chi connectivity index (χ1) is 13.7. The van der Waals surface area contributed by atoms with Gasteiger partial charge in [0.1, 0.15) is 11.6 Å². The molecule has 0 amide bonds. The van der Waals surface area contributed by atoms with Gasteiger partial charge < -0.3 is 4.74 Å². The number of rotatable bonds is 3. The third-order valence-electron chi connectivity index (χ3n) is 4.60. The maximum atomic E-state index is 6.08. The lowest BCUT2D eigenvalue weighted by atomic mass is 10.2. The number of hydrogen-bond donors (Lipinski definition) is 0. The molecule has 136 valence electrons. The molecule has 0 spiro atoms. The Kier molecular flexibility index (Phi) is 3.95. The van der Waals surface area contributed by atoms with Gasteiger partial charge in [0.05, 0.1) is 23.8 Å². The van der Waals surface area contributed by atoms with Gasteiger partial charge in [-0.2, -0.15) is 0 Å². The van der Waals surface area contributed by atoms with E-state index in [4.69, 9.17) is 31.3 Å². The molecule has 2 heterocycles. The summed E-state index contributed by atoms with van der Waals surface area (Å²) >= 11 is 6.08. The van der Waals surface area contributed by atoms with Gasteiger partial charge in [0.15, 0.2) is 11.3 Å². The van der Waals surface area contributed by atoms with Crippen molar-refractivity contribution in [2.45, 2.75) is 0 Å². The molecule has 5 nitrogen and oxygen atoms in total. The summed E-state index contributed by atoms with van der Waals surface area (Å²) in [4.78, 5) is 14.4. The zero-order valence-electron chi connectivity index (χ0n) is 15.0. The molecule has 5 rings (SSSR count). The van der Waals surface area contributed by atoms with E-state index in [1.54, 1.807) is 7.11 Å². The number of ether oxygens (including phenoxy) is 1. The minimum atomic E-state index is 0.578. The van der Waals surface area contributed by atoms with Crippen LogP contribution in [0.25, 0.3) is 39.4 Å². The molecule has 0 saturated carbocycles. The van der Waals surface area contributed by atoms with Crippen molar-refractivity contribution in [1.29, 1.82) is 0 Å². The third kappa shape index (κ3) is 2.68. The van der Waals surface area contributed by atoms with Crippen LogP contribution in [0.5, 0.6) is 5.75 Å². The topological polar surface area (TPSA) is 52.8 Å². The van der Waals surface area contributed by atoms with Crippen LogP contribution in [-0.2, 0) is 0 Å². The van der Waals surface area contributed by atoms with Gasteiger partial charge in [-0.15, -0.1) is 0 Å². The number of benzene rings is 3. The summed E-state index contributed by atoms with van der Waals surface area (Å²) in [5.41, 5.74) is 4.64. The van der Waals surface area contributed by atoms with Crippen LogP contribution in [0, 0.1) is 0 Å². The van der Waals surface area contributed by atoms with Crippen molar-refractivity contribution in [3.63, 3.8) is 0 Å². The van der Waals surface area contributed by atoms with Crippen molar-refractivity contribution in [2.75, 3.05) is 7.11 Å². The number of fused-ring (bicyclic) bond motifs is 2.